The highest BCUT2D eigenvalue weighted by Crippen LogP contribution is 2.26. The average Bonchev–Trinajstić information content (AvgIpc) is 2.90. The maximum absolute atomic E-state index is 12.5. The first-order chi connectivity index (χ1) is 11.0. The number of fused-ring (bicyclic) bond motifs is 1. The third-order valence-electron chi connectivity index (χ3n) is 4.71. The van der Waals surface area contributed by atoms with E-state index in [9.17, 15) is 4.79 Å². The van der Waals surface area contributed by atoms with Gasteiger partial charge >= 0.3 is 0 Å². The summed E-state index contributed by atoms with van der Waals surface area (Å²) >= 11 is 1.49. The van der Waals surface area contributed by atoms with E-state index in [-0.39, 0.29) is 11.2 Å². The zero-order valence-electron chi connectivity index (χ0n) is 14.1. The maximum Gasteiger partial charge on any atom is 0.233 e. The minimum absolute atomic E-state index is 0.116. The highest BCUT2D eigenvalue weighted by atomic mass is 32.2. The number of thioether (sulfide) groups is 1. The van der Waals surface area contributed by atoms with Crippen LogP contribution in [-0.4, -0.2) is 27.2 Å². The molecule has 1 aliphatic carbocycles. The second kappa shape index (κ2) is 6.95. The molecule has 5 heteroatoms. The number of aromatic nitrogens is 2. The van der Waals surface area contributed by atoms with Crippen molar-refractivity contribution in [3.05, 3.63) is 23.8 Å². The number of carbonyl (C=O) groups is 1. The Labute approximate surface area is 141 Å². The molecule has 2 aromatic rings. The number of aryl methyl sites for hydroxylation is 1. The number of benzene rings is 1. The van der Waals surface area contributed by atoms with E-state index in [1.54, 1.807) is 0 Å². The molecular formula is C18H25N3OS. The Hall–Kier alpha value is -1.49. The van der Waals surface area contributed by atoms with Crippen LogP contribution in [0.25, 0.3) is 11.0 Å². The summed E-state index contributed by atoms with van der Waals surface area (Å²) in [6, 6.07) is 6.48. The van der Waals surface area contributed by atoms with Gasteiger partial charge in [0.1, 0.15) is 0 Å². The summed E-state index contributed by atoms with van der Waals surface area (Å²) in [6.45, 7) is 6.25. The van der Waals surface area contributed by atoms with Gasteiger partial charge in [-0.05, 0) is 50.3 Å². The summed E-state index contributed by atoms with van der Waals surface area (Å²) in [5.74, 6) is 0.699. The number of rotatable bonds is 4. The lowest BCUT2D eigenvalue weighted by Crippen LogP contribution is -2.44. The molecule has 1 heterocycles. The number of amides is 1. The van der Waals surface area contributed by atoms with Gasteiger partial charge in [-0.3, -0.25) is 4.79 Å². The maximum atomic E-state index is 12.5. The van der Waals surface area contributed by atoms with E-state index in [0.717, 1.165) is 22.6 Å². The monoisotopic (exact) mass is 331 g/mol. The Morgan fingerprint density at radius 2 is 2.17 bits per heavy atom. The van der Waals surface area contributed by atoms with Gasteiger partial charge in [-0.1, -0.05) is 37.6 Å². The fourth-order valence-corrected chi connectivity index (χ4v) is 4.04. The van der Waals surface area contributed by atoms with Crippen LogP contribution in [0.15, 0.2) is 23.4 Å². The standard InChI is InChI=1S/C18H25N3OS/c1-11-8-9-15-16(10-11)21-18(20-15)23-13(3)17(22)19-14-7-5-4-6-12(14)2/h8-10,12-14H,4-7H2,1-3H3,(H,19,22)(H,20,21)/t12-,13-,14-/m1/s1. The molecule has 0 spiro atoms. The van der Waals surface area contributed by atoms with Gasteiger partial charge < -0.3 is 10.3 Å². The molecule has 2 N–H and O–H groups in total. The van der Waals surface area contributed by atoms with E-state index in [1.807, 2.05) is 13.0 Å². The topological polar surface area (TPSA) is 57.8 Å². The first kappa shape index (κ1) is 16.4. The Kier molecular flexibility index (Phi) is 4.95. The van der Waals surface area contributed by atoms with Gasteiger partial charge in [0.05, 0.1) is 16.3 Å². The smallest absolute Gasteiger partial charge is 0.233 e. The van der Waals surface area contributed by atoms with Gasteiger partial charge in [0, 0.05) is 6.04 Å². The number of hydrogen-bond donors (Lipinski definition) is 2. The summed E-state index contributed by atoms with van der Waals surface area (Å²) in [6.07, 6.45) is 4.83. The first-order valence-electron chi connectivity index (χ1n) is 8.46. The lowest BCUT2D eigenvalue weighted by atomic mass is 9.86. The highest BCUT2D eigenvalue weighted by Gasteiger charge is 2.25. The van der Waals surface area contributed by atoms with Crippen LogP contribution in [0.5, 0.6) is 0 Å². The Bertz CT molecular complexity index is 697. The highest BCUT2D eigenvalue weighted by molar-refractivity contribution is 8.00. The van der Waals surface area contributed by atoms with Crippen LogP contribution < -0.4 is 5.32 Å². The molecule has 1 fully saturated rings. The van der Waals surface area contributed by atoms with E-state index in [2.05, 4.69) is 41.3 Å². The zero-order valence-corrected chi connectivity index (χ0v) is 14.9. The van der Waals surface area contributed by atoms with Crippen molar-refractivity contribution in [3.63, 3.8) is 0 Å². The van der Waals surface area contributed by atoms with E-state index in [0.29, 0.717) is 12.0 Å². The molecule has 124 valence electrons. The fraction of sp³-hybridized carbons (Fsp3) is 0.556. The van der Waals surface area contributed by atoms with Gasteiger partial charge in [-0.2, -0.15) is 0 Å². The number of imidazole rings is 1. The van der Waals surface area contributed by atoms with Gasteiger partial charge in [-0.15, -0.1) is 0 Å². The molecule has 3 atom stereocenters. The van der Waals surface area contributed by atoms with Crippen molar-refractivity contribution in [1.82, 2.24) is 15.3 Å². The van der Waals surface area contributed by atoms with E-state index in [1.165, 1.54) is 36.6 Å². The Balaban J connectivity index is 1.62. The molecular weight excluding hydrogens is 306 g/mol. The normalized spacial score (nSPS) is 22.9. The molecule has 1 aliphatic rings. The lowest BCUT2D eigenvalue weighted by molar-refractivity contribution is -0.121. The number of H-pyrrole nitrogens is 1. The molecule has 3 rings (SSSR count). The fourth-order valence-electron chi connectivity index (χ4n) is 3.21. The van der Waals surface area contributed by atoms with Crippen molar-refractivity contribution in [3.8, 4) is 0 Å². The first-order valence-corrected chi connectivity index (χ1v) is 9.34. The van der Waals surface area contributed by atoms with Crippen molar-refractivity contribution in [2.75, 3.05) is 0 Å². The molecule has 1 aromatic carbocycles. The molecule has 1 aromatic heterocycles. The number of carbonyl (C=O) groups excluding carboxylic acids is 1. The minimum Gasteiger partial charge on any atom is -0.352 e. The molecule has 4 nitrogen and oxygen atoms in total. The van der Waals surface area contributed by atoms with Crippen molar-refractivity contribution in [2.45, 2.75) is 62.9 Å². The van der Waals surface area contributed by atoms with E-state index in [4.69, 9.17) is 0 Å². The molecule has 0 aliphatic heterocycles. The third-order valence-corrected chi connectivity index (χ3v) is 5.70. The van der Waals surface area contributed by atoms with Crippen LogP contribution in [-0.2, 0) is 4.79 Å². The van der Waals surface area contributed by atoms with Crippen molar-refractivity contribution in [1.29, 1.82) is 0 Å². The van der Waals surface area contributed by atoms with E-state index < -0.39 is 0 Å². The van der Waals surface area contributed by atoms with Gasteiger partial charge in [0.15, 0.2) is 5.16 Å². The summed E-state index contributed by atoms with van der Waals surface area (Å²) in [4.78, 5) is 20.3. The Morgan fingerprint density at radius 3 is 2.96 bits per heavy atom. The largest absolute Gasteiger partial charge is 0.352 e. The molecule has 0 saturated heterocycles. The number of hydrogen-bond acceptors (Lipinski definition) is 3. The lowest BCUT2D eigenvalue weighted by Gasteiger charge is -2.30. The van der Waals surface area contributed by atoms with Crippen LogP contribution >= 0.6 is 11.8 Å². The Morgan fingerprint density at radius 1 is 1.39 bits per heavy atom. The third kappa shape index (κ3) is 3.89. The molecule has 1 amide bonds. The summed E-state index contributed by atoms with van der Waals surface area (Å²) in [5, 5.41) is 3.89. The molecule has 1 saturated carbocycles. The molecule has 0 unspecified atom stereocenters. The second-order valence-electron chi connectivity index (χ2n) is 6.70. The predicted octanol–water partition coefficient (Wildman–Crippen LogP) is 4.05. The number of nitrogens with zero attached hydrogens (tertiary/aromatic N) is 1. The number of aromatic amines is 1. The van der Waals surface area contributed by atoms with Crippen LogP contribution in [0, 0.1) is 12.8 Å². The van der Waals surface area contributed by atoms with Crippen molar-refractivity contribution >= 4 is 28.7 Å². The van der Waals surface area contributed by atoms with E-state index >= 15 is 0 Å². The zero-order chi connectivity index (χ0) is 16.4. The quantitative estimate of drug-likeness (QED) is 0.831. The summed E-state index contributed by atoms with van der Waals surface area (Å²) in [5.41, 5.74) is 3.18. The predicted molar refractivity (Wildman–Crippen MR) is 95.7 cm³/mol. The van der Waals surface area contributed by atoms with Crippen LogP contribution in [0.2, 0.25) is 0 Å². The van der Waals surface area contributed by atoms with Gasteiger partial charge in [0.25, 0.3) is 0 Å². The molecule has 23 heavy (non-hydrogen) atoms. The SMILES string of the molecule is Cc1ccc2nc(S[C@H](C)C(=O)N[C@@H]3CCCC[C@H]3C)[nH]c2c1. The summed E-state index contributed by atoms with van der Waals surface area (Å²) < 4.78 is 0. The summed E-state index contributed by atoms with van der Waals surface area (Å²) in [7, 11) is 0. The number of nitrogens with one attached hydrogen (secondary N) is 2. The van der Waals surface area contributed by atoms with Crippen LogP contribution in [0.3, 0.4) is 0 Å². The van der Waals surface area contributed by atoms with Crippen molar-refractivity contribution in [2.24, 2.45) is 5.92 Å². The van der Waals surface area contributed by atoms with Gasteiger partial charge in [0.2, 0.25) is 5.91 Å². The van der Waals surface area contributed by atoms with Crippen LogP contribution in [0.4, 0.5) is 0 Å². The minimum atomic E-state index is -0.147. The van der Waals surface area contributed by atoms with Gasteiger partial charge in [-0.25, -0.2) is 4.98 Å². The second-order valence-corrected chi connectivity index (χ2v) is 8.03. The molecule has 0 bridgehead atoms. The van der Waals surface area contributed by atoms with Crippen LogP contribution in [0.1, 0.15) is 45.1 Å². The van der Waals surface area contributed by atoms with Crippen molar-refractivity contribution < 1.29 is 4.79 Å². The molecule has 0 radical (unpaired) electrons. The average molecular weight is 331 g/mol.